The molecule has 0 unspecified atom stereocenters. The van der Waals surface area contributed by atoms with Crippen molar-refractivity contribution in [3.8, 4) is 0 Å². The second-order valence-electron chi connectivity index (χ2n) is 5.86. The number of benzene rings is 1. The van der Waals surface area contributed by atoms with E-state index in [9.17, 15) is 14.4 Å². The van der Waals surface area contributed by atoms with E-state index in [1.165, 1.54) is 11.3 Å². The molecule has 2 fully saturated rings. The molecular formula is C16H20N3O3+. The number of piperidine rings is 1. The van der Waals surface area contributed by atoms with Gasteiger partial charge in [-0.2, -0.15) is 0 Å². The quantitative estimate of drug-likeness (QED) is 0.629. The largest absolute Gasteiger partial charge is 0.339 e. The van der Waals surface area contributed by atoms with Crippen LogP contribution in [0.1, 0.15) is 24.8 Å². The van der Waals surface area contributed by atoms with Gasteiger partial charge in [-0.1, -0.05) is 30.3 Å². The Morgan fingerprint density at radius 3 is 2.18 bits per heavy atom. The standard InChI is InChI=1S/C16H19N3O3/c20-14-15(21)19(12-17-9-5-2-6-10-17)16(22)18(14)11-13-7-3-1-4-8-13/h1,3-4,7-8H,2,5-6,9-12H2/p+1. The monoisotopic (exact) mass is 302 g/mol. The molecule has 1 aromatic rings. The fourth-order valence-corrected chi connectivity index (χ4v) is 3.03. The van der Waals surface area contributed by atoms with Gasteiger partial charge in [-0.3, -0.25) is 14.5 Å². The first-order valence-electron chi connectivity index (χ1n) is 7.71. The van der Waals surface area contributed by atoms with Crippen LogP contribution in [0.2, 0.25) is 0 Å². The van der Waals surface area contributed by atoms with E-state index in [-0.39, 0.29) is 6.54 Å². The molecule has 0 aromatic heterocycles. The number of rotatable bonds is 4. The van der Waals surface area contributed by atoms with Crippen molar-refractivity contribution >= 4 is 17.8 Å². The van der Waals surface area contributed by atoms with Gasteiger partial charge in [0.05, 0.1) is 19.6 Å². The van der Waals surface area contributed by atoms with Gasteiger partial charge in [-0.05, 0) is 24.8 Å². The summed E-state index contributed by atoms with van der Waals surface area (Å²) >= 11 is 0. The molecule has 22 heavy (non-hydrogen) atoms. The molecule has 2 aliphatic heterocycles. The maximum atomic E-state index is 12.4. The SMILES string of the molecule is O=C1C(=O)N(C[NH+]2CCCCC2)C(=O)N1Cc1ccccc1. The van der Waals surface area contributed by atoms with E-state index in [0.29, 0.717) is 6.67 Å². The first-order chi connectivity index (χ1) is 10.7. The van der Waals surface area contributed by atoms with Gasteiger partial charge in [0.1, 0.15) is 0 Å². The Kier molecular flexibility index (Phi) is 4.20. The van der Waals surface area contributed by atoms with Crippen molar-refractivity contribution in [2.75, 3.05) is 19.8 Å². The van der Waals surface area contributed by atoms with E-state index < -0.39 is 17.8 Å². The molecule has 2 heterocycles. The summed E-state index contributed by atoms with van der Waals surface area (Å²) in [5.41, 5.74) is 0.837. The number of likely N-dealkylation sites (tertiary alicyclic amines) is 1. The Morgan fingerprint density at radius 2 is 1.50 bits per heavy atom. The van der Waals surface area contributed by atoms with Gasteiger partial charge >= 0.3 is 17.8 Å². The Labute approximate surface area is 129 Å². The molecule has 0 aliphatic carbocycles. The third-order valence-corrected chi connectivity index (χ3v) is 4.26. The topological polar surface area (TPSA) is 62.1 Å². The number of quaternary nitrogens is 1. The average molecular weight is 302 g/mol. The minimum Gasteiger partial charge on any atom is -0.317 e. The summed E-state index contributed by atoms with van der Waals surface area (Å²) in [5, 5.41) is 0. The van der Waals surface area contributed by atoms with Crippen LogP contribution < -0.4 is 4.90 Å². The van der Waals surface area contributed by atoms with Crippen LogP contribution in [-0.2, 0) is 16.1 Å². The van der Waals surface area contributed by atoms with E-state index in [0.717, 1.165) is 41.3 Å². The Hall–Kier alpha value is -2.21. The average Bonchev–Trinajstić information content (AvgIpc) is 2.75. The number of amides is 4. The van der Waals surface area contributed by atoms with Crippen LogP contribution in [0.15, 0.2) is 30.3 Å². The number of carbonyl (C=O) groups excluding carboxylic acids is 3. The molecule has 0 radical (unpaired) electrons. The Morgan fingerprint density at radius 1 is 0.864 bits per heavy atom. The van der Waals surface area contributed by atoms with Gasteiger partial charge in [0.2, 0.25) is 0 Å². The number of hydrogen-bond donors (Lipinski definition) is 1. The van der Waals surface area contributed by atoms with E-state index in [1.54, 1.807) is 0 Å². The third-order valence-electron chi connectivity index (χ3n) is 4.26. The van der Waals surface area contributed by atoms with E-state index in [1.807, 2.05) is 30.3 Å². The lowest BCUT2D eigenvalue weighted by Gasteiger charge is -2.26. The van der Waals surface area contributed by atoms with Crippen molar-refractivity contribution in [1.82, 2.24) is 9.80 Å². The molecule has 3 rings (SSSR count). The molecule has 4 amide bonds. The van der Waals surface area contributed by atoms with Gasteiger partial charge in [0, 0.05) is 0 Å². The van der Waals surface area contributed by atoms with Crippen LogP contribution in [0.25, 0.3) is 0 Å². The predicted octanol–water partition coefficient (Wildman–Crippen LogP) is 0.00370. The van der Waals surface area contributed by atoms with Gasteiger partial charge in [-0.25, -0.2) is 9.69 Å². The number of nitrogens with one attached hydrogen (secondary N) is 1. The molecule has 0 atom stereocenters. The highest BCUT2D eigenvalue weighted by Crippen LogP contribution is 2.15. The summed E-state index contributed by atoms with van der Waals surface area (Å²) in [6.45, 7) is 2.35. The van der Waals surface area contributed by atoms with Crippen molar-refractivity contribution < 1.29 is 19.3 Å². The highest BCUT2D eigenvalue weighted by atomic mass is 16.2. The molecule has 6 heteroatoms. The molecule has 0 spiro atoms. The maximum Gasteiger partial charge on any atom is 0.339 e. The summed E-state index contributed by atoms with van der Waals surface area (Å²) in [6.07, 6.45) is 3.41. The van der Waals surface area contributed by atoms with Crippen molar-refractivity contribution in [2.45, 2.75) is 25.8 Å². The zero-order chi connectivity index (χ0) is 15.5. The van der Waals surface area contributed by atoms with E-state index in [2.05, 4.69) is 0 Å². The smallest absolute Gasteiger partial charge is 0.317 e. The second kappa shape index (κ2) is 6.27. The van der Waals surface area contributed by atoms with Gasteiger partial charge in [0.15, 0.2) is 6.67 Å². The molecule has 0 saturated carbocycles. The number of imide groups is 2. The van der Waals surface area contributed by atoms with Crippen molar-refractivity contribution in [2.24, 2.45) is 0 Å². The van der Waals surface area contributed by atoms with Crippen molar-refractivity contribution in [3.05, 3.63) is 35.9 Å². The van der Waals surface area contributed by atoms with Crippen molar-refractivity contribution in [3.63, 3.8) is 0 Å². The Balaban J connectivity index is 1.70. The van der Waals surface area contributed by atoms with Gasteiger partial charge in [0.25, 0.3) is 0 Å². The summed E-state index contributed by atoms with van der Waals surface area (Å²) < 4.78 is 0. The first kappa shape index (κ1) is 14.7. The van der Waals surface area contributed by atoms with E-state index >= 15 is 0 Å². The maximum absolute atomic E-state index is 12.4. The lowest BCUT2D eigenvalue weighted by atomic mass is 10.1. The zero-order valence-electron chi connectivity index (χ0n) is 12.5. The van der Waals surface area contributed by atoms with Crippen LogP contribution in [0.4, 0.5) is 4.79 Å². The number of carbonyl (C=O) groups is 3. The first-order valence-corrected chi connectivity index (χ1v) is 7.71. The molecule has 1 N–H and O–H groups in total. The minimum absolute atomic E-state index is 0.149. The van der Waals surface area contributed by atoms with E-state index in [4.69, 9.17) is 0 Å². The van der Waals surface area contributed by atoms with Crippen LogP contribution in [0.5, 0.6) is 0 Å². The van der Waals surface area contributed by atoms with Gasteiger partial charge < -0.3 is 4.90 Å². The highest BCUT2D eigenvalue weighted by molar-refractivity contribution is 6.44. The Bertz CT molecular complexity index is 582. The zero-order valence-corrected chi connectivity index (χ0v) is 12.5. The summed E-state index contributed by atoms with van der Waals surface area (Å²) in [4.78, 5) is 39.9. The third kappa shape index (κ3) is 2.87. The fourth-order valence-electron chi connectivity index (χ4n) is 3.03. The minimum atomic E-state index is -0.717. The molecule has 2 saturated heterocycles. The van der Waals surface area contributed by atoms with Crippen LogP contribution >= 0.6 is 0 Å². The van der Waals surface area contributed by atoms with Crippen LogP contribution in [-0.4, -0.2) is 47.4 Å². The highest BCUT2D eigenvalue weighted by Gasteiger charge is 2.46. The lowest BCUT2D eigenvalue weighted by Crippen LogP contribution is -3.14. The van der Waals surface area contributed by atoms with Crippen LogP contribution in [0, 0.1) is 0 Å². The number of urea groups is 1. The normalized spacial score (nSPS) is 20.1. The summed E-state index contributed by atoms with van der Waals surface area (Å²) in [7, 11) is 0. The number of hydrogen-bond acceptors (Lipinski definition) is 3. The van der Waals surface area contributed by atoms with Crippen LogP contribution in [0.3, 0.4) is 0 Å². The summed E-state index contributed by atoms with van der Waals surface area (Å²) in [6, 6.07) is 8.74. The van der Waals surface area contributed by atoms with Crippen molar-refractivity contribution in [1.29, 1.82) is 0 Å². The second-order valence-corrected chi connectivity index (χ2v) is 5.86. The molecular weight excluding hydrogens is 282 g/mol. The summed E-state index contributed by atoms with van der Waals surface area (Å²) in [5.74, 6) is -1.41. The molecule has 2 aliphatic rings. The fraction of sp³-hybridized carbons (Fsp3) is 0.438. The van der Waals surface area contributed by atoms with Gasteiger partial charge in [-0.15, -0.1) is 0 Å². The molecule has 6 nitrogen and oxygen atoms in total. The molecule has 116 valence electrons. The molecule has 0 bridgehead atoms. The number of nitrogens with zero attached hydrogens (tertiary/aromatic N) is 2. The lowest BCUT2D eigenvalue weighted by molar-refractivity contribution is -0.912. The predicted molar refractivity (Wildman–Crippen MR) is 78.6 cm³/mol. The molecule has 1 aromatic carbocycles.